The Labute approximate surface area is 154 Å². The van der Waals surface area contributed by atoms with E-state index in [1.165, 1.54) is 49.4 Å². The van der Waals surface area contributed by atoms with E-state index in [1.807, 2.05) is 0 Å². The summed E-state index contributed by atoms with van der Waals surface area (Å²) in [6.45, 7) is 4.57. The van der Waals surface area contributed by atoms with Gasteiger partial charge in [0, 0.05) is 44.9 Å². The SMILES string of the molecule is OCCC1CN(Cc2ccc3nsnc3c2)CCN1C1CCCCC1. The van der Waals surface area contributed by atoms with Crippen LogP contribution in [0, 0.1) is 0 Å². The minimum atomic E-state index is 0.290. The highest BCUT2D eigenvalue weighted by Crippen LogP contribution is 2.27. The van der Waals surface area contributed by atoms with Crippen molar-refractivity contribution < 1.29 is 5.11 Å². The molecule has 1 aromatic carbocycles. The molecule has 6 heteroatoms. The Hall–Kier alpha value is -1.08. The summed E-state index contributed by atoms with van der Waals surface area (Å²) in [4.78, 5) is 5.25. The molecule has 25 heavy (non-hydrogen) atoms. The molecule has 2 aromatic rings. The Morgan fingerprint density at radius 2 is 1.92 bits per heavy atom. The number of hydrogen-bond donors (Lipinski definition) is 1. The average molecular weight is 361 g/mol. The van der Waals surface area contributed by atoms with Gasteiger partial charge in [0.15, 0.2) is 0 Å². The molecule has 1 unspecified atom stereocenters. The minimum absolute atomic E-state index is 0.290. The first kappa shape index (κ1) is 17.3. The highest BCUT2D eigenvalue weighted by atomic mass is 32.1. The van der Waals surface area contributed by atoms with Crippen LogP contribution < -0.4 is 0 Å². The van der Waals surface area contributed by atoms with Crippen LogP contribution in [0.1, 0.15) is 44.1 Å². The zero-order valence-electron chi connectivity index (χ0n) is 14.8. The second-order valence-electron chi connectivity index (χ2n) is 7.52. The second kappa shape index (κ2) is 8.08. The van der Waals surface area contributed by atoms with Gasteiger partial charge in [0.25, 0.3) is 0 Å². The Bertz CT molecular complexity index is 685. The zero-order valence-corrected chi connectivity index (χ0v) is 15.6. The van der Waals surface area contributed by atoms with Gasteiger partial charge < -0.3 is 5.11 Å². The van der Waals surface area contributed by atoms with Gasteiger partial charge in [-0.05, 0) is 37.0 Å². The van der Waals surface area contributed by atoms with Crippen LogP contribution in [0.15, 0.2) is 18.2 Å². The van der Waals surface area contributed by atoms with E-state index in [0.29, 0.717) is 6.04 Å². The summed E-state index contributed by atoms with van der Waals surface area (Å²) >= 11 is 1.28. The molecule has 0 spiro atoms. The topological polar surface area (TPSA) is 52.5 Å². The van der Waals surface area contributed by atoms with Gasteiger partial charge in [0.05, 0.1) is 11.7 Å². The van der Waals surface area contributed by atoms with Gasteiger partial charge in [0.1, 0.15) is 11.0 Å². The highest BCUT2D eigenvalue weighted by molar-refractivity contribution is 7.00. The first-order valence-corrected chi connectivity index (χ1v) is 10.4. The maximum Gasteiger partial charge on any atom is 0.105 e. The summed E-state index contributed by atoms with van der Waals surface area (Å²) < 4.78 is 8.65. The lowest BCUT2D eigenvalue weighted by Gasteiger charge is -2.46. The van der Waals surface area contributed by atoms with E-state index in [-0.39, 0.29) is 6.61 Å². The molecule has 4 rings (SSSR count). The normalized spacial score (nSPS) is 24.1. The second-order valence-corrected chi connectivity index (χ2v) is 8.05. The van der Waals surface area contributed by atoms with E-state index in [0.717, 1.165) is 49.7 Å². The molecule has 1 saturated carbocycles. The first-order chi connectivity index (χ1) is 12.3. The summed E-state index contributed by atoms with van der Waals surface area (Å²) in [5.74, 6) is 0. The van der Waals surface area contributed by atoms with Crippen molar-refractivity contribution in [1.82, 2.24) is 18.5 Å². The number of benzene rings is 1. The van der Waals surface area contributed by atoms with Gasteiger partial charge >= 0.3 is 0 Å². The van der Waals surface area contributed by atoms with Crippen molar-refractivity contribution in [1.29, 1.82) is 0 Å². The van der Waals surface area contributed by atoms with E-state index >= 15 is 0 Å². The van der Waals surface area contributed by atoms with E-state index in [1.54, 1.807) is 0 Å². The molecule has 1 aliphatic heterocycles. The molecule has 1 aromatic heterocycles. The molecule has 1 saturated heterocycles. The molecule has 0 bridgehead atoms. The van der Waals surface area contributed by atoms with Crippen LogP contribution in [0.2, 0.25) is 0 Å². The number of aliphatic hydroxyl groups excluding tert-OH is 1. The Kier molecular flexibility index (Phi) is 5.60. The van der Waals surface area contributed by atoms with Gasteiger partial charge in [0.2, 0.25) is 0 Å². The fraction of sp³-hybridized carbons (Fsp3) is 0.684. The molecule has 2 aliphatic rings. The number of aromatic nitrogens is 2. The van der Waals surface area contributed by atoms with Crippen molar-refractivity contribution in [3.63, 3.8) is 0 Å². The van der Waals surface area contributed by atoms with Crippen LogP contribution in [0.5, 0.6) is 0 Å². The Morgan fingerprint density at radius 3 is 2.76 bits per heavy atom. The van der Waals surface area contributed by atoms with E-state index < -0.39 is 0 Å². The van der Waals surface area contributed by atoms with Crippen molar-refractivity contribution in [3.05, 3.63) is 23.8 Å². The Balaban J connectivity index is 1.41. The molecule has 2 fully saturated rings. The van der Waals surface area contributed by atoms with Crippen molar-refractivity contribution in [2.24, 2.45) is 0 Å². The summed E-state index contributed by atoms with van der Waals surface area (Å²) in [6.07, 6.45) is 7.72. The number of fused-ring (bicyclic) bond motifs is 1. The number of nitrogens with zero attached hydrogens (tertiary/aromatic N) is 4. The average Bonchev–Trinajstić information content (AvgIpc) is 3.11. The van der Waals surface area contributed by atoms with Crippen LogP contribution >= 0.6 is 11.7 Å². The van der Waals surface area contributed by atoms with Crippen molar-refractivity contribution in [2.45, 2.75) is 57.2 Å². The van der Waals surface area contributed by atoms with Crippen molar-refractivity contribution in [3.8, 4) is 0 Å². The monoisotopic (exact) mass is 360 g/mol. The third-order valence-electron chi connectivity index (χ3n) is 5.84. The summed E-state index contributed by atoms with van der Waals surface area (Å²) in [5.41, 5.74) is 3.32. The van der Waals surface area contributed by atoms with E-state index in [2.05, 4.69) is 36.7 Å². The predicted octanol–water partition coefficient (Wildman–Crippen LogP) is 2.89. The van der Waals surface area contributed by atoms with E-state index in [4.69, 9.17) is 0 Å². The summed E-state index contributed by atoms with van der Waals surface area (Å²) in [6, 6.07) is 7.67. The number of piperazine rings is 1. The van der Waals surface area contributed by atoms with Crippen LogP contribution in [0.3, 0.4) is 0 Å². The molecular weight excluding hydrogens is 332 g/mol. The maximum atomic E-state index is 9.55. The molecule has 1 atom stereocenters. The summed E-state index contributed by atoms with van der Waals surface area (Å²) in [5, 5.41) is 9.55. The molecule has 136 valence electrons. The minimum Gasteiger partial charge on any atom is -0.396 e. The lowest BCUT2D eigenvalue weighted by molar-refractivity contribution is 0.0137. The van der Waals surface area contributed by atoms with Gasteiger partial charge in [-0.3, -0.25) is 9.80 Å². The number of hydrogen-bond acceptors (Lipinski definition) is 6. The smallest absolute Gasteiger partial charge is 0.105 e. The molecule has 0 radical (unpaired) electrons. The molecule has 2 heterocycles. The molecule has 1 N–H and O–H groups in total. The zero-order chi connectivity index (χ0) is 17.1. The highest BCUT2D eigenvalue weighted by Gasteiger charge is 2.32. The predicted molar refractivity (Wildman–Crippen MR) is 102 cm³/mol. The van der Waals surface area contributed by atoms with Gasteiger partial charge in [-0.1, -0.05) is 25.3 Å². The van der Waals surface area contributed by atoms with Crippen LogP contribution in [-0.4, -0.2) is 62.0 Å². The maximum absolute atomic E-state index is 9.55. The molecule has 5 nitrogen and oxygen atoms in total. The third-order valence-corrected chi connectivity index (χ3v) is 6.40. The van der Waals surface area contributed by atoms with Gasteiger partial charge in [-0.25, -0.2) is 0 Å². The standard InChI is InChI=1S/C19H28N4OS/c24-11-8-17-14-22(9-10-23(17)16-4-2-1-3-5-16)13-15-6-7-18-19(12-15)21-25-20-18/h6-7,12,16-17,24H,1-5,8-11,13-14H2. The molecule has 0 amide bonds. The van der Waals surface area contributed by atoms with Crippen molar-refractivity contribution >= 4 is 22.8 Å². The number of aliphatic hydroxyl groups is 1. The third kappa shape index (κ3) is 4.03. The molecule has 1 aliphatic carbocycles. The fourth-order valence-corrected chi connectivity index (χ4v) is 5.08. The van der Waals surface area contributed by atoms with Crippen LogP contribution in [-0.2, 0) is 6.54 Å². The first-order valence-electron chi connectivity index (χ1n) is 9.63. The van der Waals surface area contributed by atoms with Crippen LogP contribution in [0.25, 0.3) is 11.0 Å². The summed E-state index contributed by atoms with van der Waals surface area (Å²) in [7, 11) is 0. The van der Waals surface area contributed by atoms with Crippen LogP contribution in [0.4, 0.5) is 0 Å². The quantitative estimate of drug-likeness (QED) is 0.888. The van der Waals surface area contributed by atoms with Gasteiger partial charge in [-0.2, -0.15) is 8.75 Å². The lowest BCUT2D eigenvalue weighted by atomic mass is 9.91. The van der Waals surface area contributed by atoms with E-state index in [9.17, 15) is 5.11 Å². The Morgan fingerprint density at radius 1 is 1.08 bits per heavy atom. The lowest BCUT2D eigenvalue weighted by Crippen LogP contribution is -2.56. The fourth-order valence-electron chi connectivity index (χ4n) is 4.56. The van der Waals surface area contributed by atoms with Gasteiger partial charge in [-0.15, -0.1) is 0 Å². The largest absolute Gasteiger partial charge is 0.396 e. The molecular formula is C19H28N4OS. The van der Waals surface area contributed by atoms with Crippen molar-refractivity contribution in [2.75, 3.05) is 26.2 Å². The number of rotatable bonds is 5.